The molecule has 0 spiro atoms. The zero-order chi connectivity index (χ0) is 13.0. The third-order valence-corrected chi connectivity index (χ3v) is 4.21. The summed E-state index contributed by atoms with van der Waals surface area (Å²) in [5.41, 5.74) is 1.21. The summed E-state index contributed by atoms with van der Waals surface area (Å²) in [5.74, 6) is 0. The Morgan fingerprint density at radius 2 is 2.28 bits per heavy atom. The highest BCUT2D eigenvalue weighted by Crippen LogP contribution is 2.19. The summed E-state index contributed by atoms with van der Waals surface area (Å²) < 4.78 is 0. The Balaban J connectivity index is 1.93. The van der Waals surface area contributed by atoms with E-state index < -0.39 is 0 Å². The van der Waals surface area contributed by atoms with Gasteiger partial charge in [0, 0.05) is 28.7 Å². The van der Waals surface area contributed by atoms with Crippen LogP contribution >= 0.6 is 22.9 Å². The number of hydrogen-bond donors (Lipinski definition) is 1. The van der Waals surface area contributed by atoms with Gasteiger partial charge in [-0.15, -0.1) is 11.3 Å². The summed E-state index contributed by atoms with van der Waals surface area (Å²) in [4.78, 5) is 5.64. The first-order valence-electron chi connectivity index (χ1n) is 6.11. The smallest absolute Gasteiger partial charge is 0.0925 e. The molecule has 0 fully saturated rings. The predicted octanol–water partition coefficient (Wildman–Crippen LogP) is 4.21. The van der Waals surface area contributed by atoms with E-state index in [0.29, 0.717) is 0 Å². The van der Waals surface area contributed by atoms with Crippen molar-refractivity contribution in [2.24, 2.45) is 0 Å². The minimum absolute atomic E-state index is 0.288. The fourth-order valence-corrected chi connectivity index (χ4v) is 2.75. The van der Waals surface area contributed by atoms with Gasteiger partial charge < -0.3 is 5.32 Å². The van der Waals surface area contributed by atoms with Crippen LogP contribution < -0.4 is 5.32 Å². The Morgan fingerprint density at radius 1 is 1.44 bits per heavy atom. The van der Waals surface area contributed by atoms with Gasteiger partial charge in [-0.1, -0.05) is 30.7 Å². The SMILES string of the molecule is CCc1ncc(CNC(C)c2cccc(Cl)c2)s1. The van der Waals surface area contributed by atoms with Gasteiger partial charge in [-0.05, 0) is 31.0 Å². The van der Waals surface area contributed by atoms with Crippen molar-refractivity contribution in [2.75, 3.05) is 0 Å². The standard InChI is InChI=1S/C14H17ClN2S/c1-3-14-17-9-13(18-14)8-16-10(2)11-5-4-6-12(15)7-11/h4-7,9-10,16H,3,8H2,1-2H3. The van der Waals surface area contributed by atoms with Crippen molar-refractivity contribution in [3.63, 3.8) is 0 Å². The minimum Gasteiger partial charge on any atom is -0.305 e. The first-order chi connectivity index (χ1) is 8.69. The van der Waals surface area contributed by atoms with Gasteiger partial charge in [-0.2, -0.15) is 0 Å². The van der Waals surface area contributed by atoms with Crippen molar-refractivity contribution in [1.82, 2.24) is 10.3 Å². The second-order valence-corrected chi connectivity index (χ2v) is 5.87. The van der Waals surface area contributed by atoms with Gasteiger partial charge in [-0.3, -0.25) is 0 Å². The molecule has 1 heterocycles. The van der Waals surface area contributed by atoms with E-state index >= 15 is 0 Å². The lowest BCUT2D eigenvalue weighted by Crippen LogP contribution is -2.17. The van der Waals surface area contributed by atoms with Gasteiger partial charge in [0.25, 0.3) is 0 Å². The lowest BCUT2D eigenvalue weighted by Gasteiger charge is -2.13. The van der Waals surface area contributed by atoms with Gasteiger partial charge in [-0.25, -0.2) is 4.98 Å². The van der Waals surface area contributed by atoms with Gasteiger partial charge in [0.2, 0.25) is 0 Å². The molecule has 0 aliphatic heterocycles. The quantitative estimate of drug-likeness (QED) is 0.887. The van der Waals surface area contributed by atoms with Crippen molar-refractivity contribution in [1.29, 1.82) is 0 Å². The van der Waals surface area contributed by atoms with Crippen LogP contribution in [0.25, 0.3) is 0 Å². The van der Waals surface area contributed by atoms with E-state index in [2.05, 4.69) is 30.2 Å². The Bertz CT molecular complexity index is 510. The lowest BCUT2D eigenvalue weighted by molar-refractivity contribution is 0.578. The van der Waals surface area contributed by atoms with Crippen molar-refractivity contribution in [2.45, 2.75) is 32.9 Å². The molecule has 0 saturated carbocycles. The molecule has 0 radical (unpaired) electrons. The average Bonchev–Trinajstić information content (AvgIpc) is 2.84. The van der Waals surface area contributed by atoms with Crippen LogP contribution in [0, 0.1) is 0 Å². The average molecular weight is 281 g/mol. The van der Waals surface area contributed by atoms with Crippen LogP contribution in [0.3, 0.4) is 0 Å². The summed E-state index contributed by atoms with van der Waals surface area (Å²) >= 11 is 7.77. The summed E-state index contributed by atoms with van der Waals surface area (Å²) in [6.45, 7) is 5.13. The van der Waals surface area contributed by atoms with E-state index in [4.69, 9.17) is 11.6 Å². The van der Waals surface area contributed by atoms with Crippen LogP contribution in [0.15, 0.2) is 30.5 Å². The number of benzene rings is 1. The van der Waals surface area contributed by atoms with Crippen molar-refractivity contribution < 1.29 is 0 Å². The van der Waals surface area contributed by atoms with E-state index in [1.807, 2.05) is 24.4 Å². The molecule has 0 saturated heterocycles. The Kier molecular flexibility index (Phi) is 4.75. The van der Waals surface area contributed by atoms with Crippen LogP contribution in [0.1, 0.15) is 35.3 Å². The van der Waals surface area contributed by atoms with Gasteiger partial charge in [0.05, 0.1) is 5.01 Å². The summed E-state index contributed by atoms with van der Waals surface area (Å²) in [6, 6.07) is 8.26. The van der Waals surface area contributed by atoms with E-state index in [9.17, 15) is 0 Å². The predicted molar refractivity (Wildman–Crippen MR) is 78.2 cm³/mol. The number of hydrogen-bond acceptors (Lipinski definition) is 3. The number of halogens is 1. The first-order valence-corrected chi connectivity index (χ1v) is 7.31. The number of aryl methyl sites for hydroxylation is 1. The monoisotopic (exact) mass is 280 g/mol. The van der Waals surface area contributed by atoms with Crippen molar-refractivity contribution in [3.8, 4) is 0 Å². The number of nitrogens with zero attached hydrogens (tertiary/aromatic N) is 1. The Morgan fingerprint density at radius 3 is 2.94 bits per heavy atom. The lowest BCUT2D eigenvalue weighted by atomic mass is 10.1. The van der Waals surface area contributed by atoms with E-state index in [-0.39, 0.29) is 6.04 Å². The highest BCUT2D eigenvalue weighted by Gasteiger charge is 2.06. The highest BCUT2D eigenvalue weighted by atomic mass is 35.5. The second kappa shape index (κ2) is 6.32. The van der Waals surface area contributed by atoms with Gasteiger partial charge in [0.15, 0.2) is 0 Å². The fourth-order valence-electron chi connectivity index (χ4n) is 1.74. The van der Waals surface area contributed by atoms with Crippen LogP contribution in [0.2, 0.25) is 5.02 Å². The molecular weight excluding hydrogens is 264 g/mol. The summed E-state index contributed by atoms with van der Waals surface area (Å²) in [7, 11) is 0. The molecule has 0 aliphatic carbocycles. The maximum Gasteiger partial charge on any atom is 0.0925 e. The van der Waals surface area contributed by atoms with E-state index in [0.717, 1.165) is 18.0 Å². The number of nitrogens with one attached hydrogen (secondary N) is 1. The zero-order valence-electron chi connectivity index (χ0n) is 10.6. The molecule has 0 bridgehead atoms. The maximum atomic E-state index is 5.99. The number of rotatable bonds is 5. The summed E-state index contributed by atoms with van der Waals surface area (Å²) in [6.07, 6.45) is 2.97. The maximum absolute atomic E-state index is 5.99. The molecule has 2 nitrogen and oxygen atoms in total. The van der Waals surface area contributed by atoms with Gasteiger partial charge in [0.1, 0.15) is 0 Å². The first kappa shape index (κ1) is 13.5. The largest absolute Gasteiger partial charge is 0.305 e. The zero-order valence-corrected chi connectivity index (χ0v) is 12.2. The Labute approximate surface area is 117 Å². The normalized spacial score (nSPS) is 12.6. The van der Waals surface area contributed by atoms with Crippen LogP contribution in [-0.4, -0.2) is 4.98 Å². The highest BCUT2D eigenvalue weighted by molar-refractivity contribution is 7.11. The van der Waals surface area contributed by atoms with Crippen molar-refractivity contribution >= 4 is 22.9 Å². The Hall–Kier alpha value is -0.900. The molecule has 1 atom stereocenters. The molecule has 1 N–H and O–H groups in total. The molecule has 1 unspecified atom stereocenters. The molecule has 0 amide bonds. The molecule has 4 heteroatoms. The summed E-state index contributed by atoms with van der Waals surface area (Å²) in [5, 5.41) is 5.47. The molecule has 0 aliphatic rings. The number of aromatic nitrogens is 1. The van der Waals surface area contributed by atoms with E-state index in [1.165, 1.54) is 15.4 Å². The topological polar surface area (TPSA) is 24.9 Å². The molecule has 2 aromatic rings. The third kappa shape index (κ3) is 3.55. The molecule has 1 aromatic carbocycles. The number of thiazole rings is 1. The van der Waals surface area contributed by atoms with E-state index in [1.54, 1.807) is 11.3 Å². The second-order valence-electron chi connectivity index (χ2n) is 4.23. The molecule has 2 rings (SSSR count). The molecule has 96 valence electrons. The van der Waals surface area contributed by atoms with Crippen molar-refractivity contribution in [3.05, 3.63) is 50.9 Å². The fraction of sp³-hybridized carbons (Fsp3) is 0.357. The van der Waals surface area contributed by atoms with Gasteiger partial charge >= 0.3 is 0 Å². The molecule has 18 heavy (non-hydrogen) atoms. The van der Waals surface area contributed by atoms with Crippen LogP contribution in [0.4, 0.5) is 0 Å². The molecular formula is C14H17ClN2S. The minimum atomic E-state index is 0.288. The molecule has 1 aromatic heterocycles. The third-order valence-electron chi connectivity index (χ3n) is 2.84. The van der Waals surface area contributed by atoms with Crippen LogP contribution in [0.5, 0.6) is 0 Å². The van der Waals surface area contributed by atoms with Crippen LogP contribution in [-0.2, 0) is 13.0 Å².